The lowest BCUT2D eigenvalue weighted by atomic mass is 10.2. The summed E-state index contributed by atoms with van der Waals surface area (Å²) in [5.41, 5.74) is 0. The molecule has 0 fully saturated rings. The van der Waals surface area contributed by atoms with Crippen molar-refractivity contribution in [3.05, 3.63) is 0 Å². The van der Waals surface area contributed by atoms with Gasteiger partial charge in [0, 0.05) is 18.3 Å². The minimum absolute atomic E-state index is 0.0548. The van der Waals surface area contributed by atoms with Crippen LogP contribution in [0.15, 0.2) is 0 Å². The van der Waals surface area contributed by atoms with Gasteiger partial charge >= 0.3 is 5.97 Å². The van der Waals surface area contributed by atoms with E-state index < -0.39 is 5.97 Å². The molecule has 0 radical (unpaired) electrons. The summed E-state index contributed by atoms with van der Waals surface area (Å²) in [6.45, 7) is 1.85. The molecular weight excluding hydrogens is 182 g/mol. The Balaban J connectivity index is 3.50. The van der Waals surface area contributed by atoms with Crippen molar-refractivity contribution < 1.29 is 14.7 Å². The molecule has 4 nitrogen and oxygen atoms in total. The molecule has 0 aliphatic rings. The van der Waals surface area contributed by atoms with Crippen LogP contribution in [0.3, 0.4) is 0 Å². The van der Waals surface area contributed by atoms with Gasteiger partial charge in [0.25, 0.3) is 0 Å². The molecule has 12 heavy (non-hydrogen) atoms. The van der Waals surface area contributed by atoms with Crippen LogP contribution in [0.5, 0.6) is 0 Å². The Morgan fingerprint density at radius 1 is 1.58 bits per heavy atom. The zero-order chi connectivity index (χ0) is 9.56. The number of rotatable bonds is 5. The lowest BCUT2D eigenvalue weighted by Gasteiger charge is -2.07. The number of aliphatic carboxylic acids is 1. The van der Waals surface area contributed by atoms with E-state index in [0.29, 0.717) is 0 Å². The molecule has 0 saturated carbocycles. The fraction of sp³-hybridized carbons (Fsp3) is 0.714. The van der Waals surface area contributed by atoms with Gasteiger partial charge in [0.15, 0.2) is 0 Å². The summed E-state index contributed by atoms with van der Waals surface area (Å²) in [7, 11) is 0. The predicted octanol–water partition coefficient (Wildman–Crippen LogP) is 0.452. The van der Waals surface area contributed by atoms with Crippen molar-refractivity contribution in [2.24, 2.45) is 5.92 Å². The zero-order valence-electron chi connectivity index (χ0n) is 6.84. The van der Waals surface area contributed by atoms with Gasteiger partial charge in [-0.25, -0.2) is 0 Å². The molecule has 0 saturated heterocycles. The third-order valence-corrected chi connectivity index (χ3v) is 1.78. The highest BCUT2D eigenvalue weighted by Gasteiger charge is 2.10. The number of carboxylic acid groups (broad SMARTS) is 1. The number of alkyl halides is 1. The summed E-state index contributed by atoms with van der Waals surface area (Å²) in [5, 5.41) is 10.7. The average Bonchev–Trinajstić information content (AvgIpc) is 2.02. The van der Waals surface area contributed by atoms with Gasteiger partial charge in [0.05, 0.1) is 6.42 Å². The van der Waals surface area contributed by atoms with Gasteiger partial charge < -0.3 is 10.4 Å². The molecule has 0 aliphatic heterocycles. The van der Waals surface area contributed by atoms with Crippen LogP contribution in [0.25, 0.3) is 0 Å². The first kappa shape index (κ1) is 11.2. The average molecular weight is 194 g/mol. The molecule has 0 rings (SSSR count). The number of amides is 1. The van der Waals surface area contributed by atoms with Crippen LogP contribution in [0.4, 0.5) is 0 Å². The lowest BCUT2D eigenvalue weighted by molar-refractivity contribution is -0.137. The third kappa shape index (κ3) is 4.96. The van der Waals surface area contributed by atoms with E-state index in [1.54, 1.807) is 6.92 Å². The molecule has 0 aromatic carbocycles. The summed E-state index contributed by atoms with van der Waals surface area (Å²) < 4.78 is 0. The number of carbonyl (C=O) groups excluding carboxylic acids is 1. The van der Waals surface area contributed by atoms with Crippen molar-refractivity contribution in [3.8, 4) is 0 Å². The number of nitrogens with one attached hydrogen (secondary N) is 1. The fourth-order valence-electron chi connectivity index (χ4n) is 0.537. The van der Waals surface area contributed by atoms with Gasteiger partial charge in [0.2, 0.25) is 5.91 Å². The summed E-state index contributed by atoms with van der Waals surface area (Å²) in [6.07, 6.45) is -0.0548. The molecule has 70 valence electrons. The summed E-state index contributed by atoms with van der Waals surface area (Å²) in [5.74, 6) is -1.14. The summed E-state index contributed by atoms with van der Waals surface area (Å²) in [4.78, 5) is 21.0. The van der Waals surface area contributed by atoms with Crippen molar-refractivity contribution in [3.63, 3.8) is 0 Å². The molecule has 1 unspecified atom stereocenters. The Labute approximate surface area is 75.9 Å². The van der Waals surface area contributed by atoms with E-state index in [2.05, 4.69) is 5.32 Å². The Hall–Kier alpha value is -0.770. The molecular formula is C7H12ClNO3. The molecule has 0 spiro atoms. The smallest absolute Gasteiger partial charge is 0.305 e. The van der Waals surface area contributed by atoms with Crippen molar-refractivity contribution in [2.75, 3.05) is 12.4 Å². The van der Waals surface area contributed by atoms with E-state index in [1.807, 2.05) is 0 Å². The first-order chi connectivity index (χ1) is 5.57. The van der Waals surface area contributed by atoms with Crippen LogP contribution >= 0.6 is 11.6 Å². The molecule has 0 aliphatic carbocycles. The van der Waals surface area contributed by atoms with E-state index >= 15 is 0 Å². The topological polar surface area (TPSA) is 66.4 Å². The normalized spacial score (nSPS) is 12.2. The Bertz CT molecular complexity index is 172. The van der Waals surface area contributed by atoms with Crippen LogP contribution in [0, 0.1) is 5.92 Å². The van der Waals surface area contributed by atoms with Gasteiger partial charge in [-0.2, -0.15) is 0 Å². The minimum Gasteiger partial charge on any atom is -0.481 e. The number of carbonyl (C=O) groups is 2. The van der Waals surface area contributed by atoms with E-state index in [1.165, 1.54) is 0 Å². The highest BCUT2D eigenvalue weighted by molar-refractivity contribution is 6.19. The quantitative estimate of drug-likeness (QED) is 0.624. The molecule has 0 aromatic rings. The predicted molar refractivity (Wildman–Crippen MR) is 45.1 cm³/mol. The second-order valence-electron chi connectivity index (χ2n) is 2.49. The lowest BCUT2D eigenvalue weighted by Crippen LogP contribution is -2.31. The minimum atomic E-state index is -0.922. The largest absolute Gasteiger partial charge is 0.481 e. The Morgan fingerprint density at radius 3 is 2.58 bits per heavy atom. The van der Waals surface area contributed by atoms with E-state index in [4.69, 9.17) is 16.7 Å². The summed E-state index contributed by atoms with van der Waals surface area (Å²) in [6, 6.07) is 0. The molecule has 2 N–H and O–H groups in total. The highest BCUT2D eigenvalue weighted by Crippen LogP contribution is 1.96. The zero-order valence-corrected chi connectivity index (χ0v) is 7.60. The Kier molecular flexibility index (Phi) is 5.45. The highest BCUT2D eigenvalue weighted by atomic mass is 35.5. The third-order valence-electron chi connectivity index (χ3n) is 1.32. The molecule has 0 bridgehead atoms. The van der Waals surface area contributed by atoms with Crippen LogP contribution in [-0.2, 0) is 9.59 Å². The molecule has 1 amide bonds. The van der Waals surface area contributed by atoms with E-state index in [0.717, 1.165) is 0 Å². The second-order valence-corrected chi connectivity index (χ2v) is 2.80. The number of halogens is 1. The summed E-state index contributed by atoms with van der Waals surface area (Å²) >= 11 is 5.41. The maximum absolute atomic E-state index is 11.0. The first-order valence-corrected chi connectivity index (χ1v) is 4.17. The standard InChI is InChI=1S/C7H12ClNO3/c1-5(4-8)7(12)9-3-2-6(10)11/h5H,2-4H2,1H3,(H,9,12)(H,10,11). The second kappa shape index (κ2) is 5.83. The Morgan fingerprint density at radius 2 is 2.17 bits per heavy atom. The van der Waals surface area contributed by atoms with Crippen LogP contribution < -0.4 is 5.32 Å². The number of hydrogen-bond donors (Lipinski definition) is 2. The van der Waals surface area contributed by atoms with Gasteiger partial charge in [-0.15, -0.1) is 11.6 Å². The molecule has 0 aromatic heterocycles. The van der Waals surface area contributed by atoms with Crippen LogP contribution in [0.2, 0.25) is 0 Å². The van der Waals surface area contributed by atoms with Gasteiger partial charge in [-0.3, -0.25) is 9.59 Å². The van der Waals surface area contributed by atoms with Crippen molar-refractivity contribution in [1.82, 2.24) is 5.32 Å². The molecule has 5 heteroatoms. The number of carboxylic acids is 1. The van der Waals surface area contributed by atoms with Crippen LogP contribution in [0.1, 0.15) is 13.3 Å². The van der Waals surface area contributed by atoms with Crippen molar-refractivity contribution >= 4 is 23.5 Å². The van der Waals surface area contributed by atoms with Crippen molar-refractivity contribution in [1.29, 1.82) is 0 Å². The van der Waals surface area contributed by atoms with E-state index in [9.17, 15) is 9.59 Å². The van der Waals surface area contributed by atoms with Gasteiger partial charge in [0.1, 0.15) is 0 Å². The number of hydrogen-bond acceptors (Lipinski definition) is 2. The maximum atomic E-state index is 11.0. The van der Waals surface area contributed by atoms with Gasteiger partial charge in [-0.1, -0.05) is 6.92 Å². The van der Waals surface area contributed by atoms with Gasteiger partial charge in [-0.05, 0) is 0 Å². The van der Waals surface area contributed by atoms with Crippen LogP contribution in [-0.4, -0.2) is 29.4 Å². The van der Waals surface area contributed by atoms with Crippen molar-refractivity contribution in [2.45, 2.75) is 13.3 Å². The van der Waals surface area contributed by atoms with E-state index in [-0.39, 0.29) is 30.7 Å². The maximum Gasteiger partial charge on any atom is 0.305 e. The first-order valence-electron chi connectivity index (χ1n) is 3.63. The molecule has 0 heterocycles. The molecule has 1 atom stereocenters. The fourth-order valence-corrected chi connectivity index (χ4v) is 0.677. The monoisotopic (exact) mass is 193 g/mol. The SMILES string of the molecule is CC(CCl)C(=O)NCCC(=O)O.